The summed E-state index contributed by atoms with van der Waals surface area (Å²) in [6, 6.07) is 0.501. The summed E-state index contributed by atoms with van der Waals surface area (Å²) in [5.74, 6) is 0. The Balaban J connectivity index is 3.42. The number of thiocarbonyl (C=S) groups is 1. The van der Waals surface area contributed by atoms with Gasteiger partial charge in [-0.15, -0.1) is 0 Å². The van der Waals surface area contributed by atoms with E-state index in [-0.39, 0.29) is 0 Å². The van der Waals surface area contributed by atoms with Gasteiger partial charge in [0.1, 0.15) is 0 Å². The first-order chi connectivity index (χ1) is 5.24. The first-order valence-electron chi connectivity index (χ1n) is 3.97. The second-order valence-corrected chi connectivity index (χ2v) is 2.77. The number of nitrogens with one attached hydrogen (secondary N) is 3. The van der Waals surface area contributed by atoms with E-state index in [0.717, 1.165) is 12.8 Å². The molecule has 0 aliphatic rings. The van der Waals surface area contributed by atoms with Crippen molar-refractivity contribution < 1.29 is 0 Å². The maximum atomic E-state index is 4.88. The molecule has 0 atom stereocenters. The van der Waals surface area contributed by atoms with Gasteiger partial charge in [0.15, 0.2) is 5.11 Å². The molecule has 11 heavy (non-hydrogen) atoms. The molecule has 0 unspecified atom stereocenters. The highest BCUT2D eigenvalue weighted by Crippen LogP contribution is 1.92. The molecule has 0 bridgehead atoms. The Morgan fingerprint density at radius 1 is 1.36 bits per heavy atom. The molecule has 0 spiro atoms. The first-order valence-corrected chi connectivity index (χ1v) is 4.38. The number of hydrogen-bond donors (Lipinski definition) is 3. The second-order valence-electron chi connectivity index (χ2n) is 2.36. The van der Waals surface area contributed by atoms with E-state index in [1.807, 2.05) is 0 Å². The van der Waals surface area contributed by atoms with Crippen molar-refractivity contribution in [2.75, 3.05) is 7.05 Å². The lowest BCUT2D eigenvalue weighted by Gasteiger charge is -2.16. The molecule has 3 N–H and O–H groups in total. The summed E-state index contributed by atoms with van der Waals surface area (Å²) in [6.45, 7) is 4.29. The SMILES string of the molecule is CCC(CC)NNC(=S)NC. The third-order valence-corrected chi connectivity index (χ3v) is 1.91. The summed E-state index contributed by atoms with van der Waals surface area (Å²) in [5, 5.41) is 3.46. The fraction of sp³-hybridized carbons (Fsp3) is 0.857. The van der Waals surface area contributed by atoms with Gasteiger partial charge in [0.2, 0.25) is 0 Å². The molecule has 0 aromatic carbocycles. The van der Waals surface area contributed by atoms with Crippen molar-refractivity contribution in [3.8, 4) is 0 Å². The average Bonchev–Trinajstić information content (AvgIpc) is 2.06. The Hall–Kier alpha value is -0.350. The van der Waals surface area contributed by atoms with E-state index in [0.29, 0.717) is 11.2 Å². The molecule has 0 saturated heterocycles. The van der Waals surface area contributed by atoms with Gasteiger partial charge in [-0.2, -0.15) is 0 Å². The maximum Gasteiger partial charge on any atom is 0.180 e. The molecule has 0 saturated carbocycles. The minimum absolute atomic E-state index is 0.501. The molecule has 0 fully saturated rings. The van der Waals surface area contributed by atoms with Crippen molar-refractivity contribution in [1.82, 2.24) is 16.2 Å². The predicted molar refractivity (Wildman–Crippen MR) is 52.3 cm³/mol. The van der Waals surface area contributed by atoms with Crippen molar-refractivity contribution in [3.05, 3.63) is 0 Å². The van der Waals surface area contributed by atoms with Gasteiger partial charge in [0.05, 0.1) is 0 Å². The zero-order chi connectivity index (χ0) is 8.69. The van der Waals surface area contributed by atoms with E-state index in [4.69, 9.17) is 12.2 Å². The molecule has 0 aromatic rings. The van der Waals surface area contributed by atoms with Crippen LogP contribution in [0.25, 0.3) is 0 Å². The van der Waals surface area contributed by atoms with E-state index >= 15 is 0 Å². The van der Waals surface area contributed by atoms with Crippen LogP contribution in [-0.2, 0) is 0 Å². The lowest BCUT2D eigenvalue weighted by Crippen LogP contribution is -2.47. The highest BCUT2D eigenvalue weighted by molar-refractivity contribution is 7.80. The monoisotopic (exact) mass is 175 g/mol. The summed E-state index contributed by atoms with van der Waals surface area (Å²) in [6.07, 6.45) is 2.21. The zero-order valence-corrected chi connectivity index (χ0v) is 8.22. The van der Waals surface area contributed by atoms with Crippen molar-refractivity contribution in [3.63, 3.8) is 0 Å². The summed E-state index contributed by atoms with van der Waals surface area (Å²) >= 11 is 4.88. The van der Waals surface area contributed by atoms with Crippen molar-refractivity contribution in [2.45, 2.75) is 32.7 Å². The van der Waals surface area contributed by atoms with Crippen LogP contribution in [0.5, 0.6) is 0 Å². The van der Waals surface area contributed by atoms with Crippen LogP contribution in [0, 0.1) is 0 Å². The highest BCUT2D eigenvalue weighted by Gasteiger charge is 2.00. The molecule has 0 aromatic heterocycles. The third kappa shape index (κ3) is 4.98. The van der Waals surface area contributed by atoms with Crippen LogP contribution in [0.1, 0.15) is 26.7 Å². The van der Waals surface area contributed by atoms with Crippen LogP contribution >= 0.6 is 12.2 Å². The summed E-state index contributed by atoms with van der Waals surface area (Å²) in [4.78, 5) is 0. The fourth-order valence-electron chi connectivity index (χ4n) is 0.723. The normalized spacial score (nSPS) is 9.82. The molecule has 3 nitrogen and oxygen atoms in total. The first kappa shape index (κ1) is 10.7. The molecule has 66 valence electrons. The molecule has 0 aliphatic carbocycles. The number of hydrogen-bond acceptors (Lipinski definition) is 2. The Bertz CT molecular complexity index is 112. The van der Waals surface area contributed by atoms with Crippen molar-refractivity contribution in [2.24, 2.45) is 0 Å². The largest absolute Gasteiger partial charge is 0.365 e. The molecule has 4 heteroatoms. The smallest absolute Gasteiger partial charge is 0.180 e. The Morgan fingerprint density at radius 2 is 1.91 bits per heavy atom. The minimum Gasteiger partial charge on any atom is -0.365 e. The second kappa shape index (κ2) is 6.37. The zero-order valence-electron chi connectivity index (χ0n) is 7.40. The van der Waals surface area contributed by atoms with Gasteiger partial charge in [-0.05, 0) is 25.1 Å². The van der Waals surface area contributed by atoms with Gasteiger partial charge in [-0.3, -0.25) is 5.43 Å². The van der Waals surface area contributed by atoms with Gasteiger partial charge in [-0.1, -0.05) is 13.8 Å². The van der Waals surface area contributed by atoms with E-state index in [2.05, 4.69) is 30.0 Å². The van der Waals surface area contributed by atoms with Crippen LogP contribution in [0.2, 0.25) is 0 Å². The lowest BCUT2D eigenvalue weighted by molar-refractivity contribution is 0.462. The highest BCUT2D eigenvalue weighted by atomic mass is 32.1. The standard InChI is InChI=1S/C7H17N3S/c1-4-6(5-2)9-10-7(11)8-3/h6,9H,4-5H2,1-3H3,(H2,8,10,11). The molecule has 0 rings (SSSR count). The van der Waals surface area contributed by atoms with Crippen LogP contribution < -0.4 is 16.2 Å². The summed E-state index contributed by atoms with van der Waals surface area (Å²) in [5.41, 5.74) is 6.02. The number of rotatable bonds is 4. The van der Waals surface area contributed by atoms with Crippen molar-refractivity contribution >= 4 is 17.3 Å². The predicted octanol–water partition coefficient (Wildman–Crippen LogP) is 0.774. The van der Waals surface area contributed by atoms with Gasteiger partial charge in [0.25, 0.3) is 0 Å². The minimum atomic E-state index is 0.501. The molecule has 0 aliphatic heterocycles. The average molecular weight is 175 g/mol. The third-order valence-electron chi connectivity index (χ3n) is 1.60. The van der Waals surface area contributed by atoms with Crippen LogP contribution in [0.3, 0.4) is 0 Å². The van der Waals surface area contributed by atoms with Crippen LogP contribution in [0.4, 0.5) is 0 Å². The molecular weight excluding hydrogens is 158 g/mol. The molecule has 0 heterocycles. The molecule has 0 amide bonds. The Morgan fingerprint density at radius 3 is 2.27 bits per heavy atom. The Labute approximate surface area is 73.9 Å². The number of hydrazine groups is 1. The van der Waals surface area contributed by atoms with Gasteiger partial charge < -0.3 is 5.32 Å². The quantitative estimate of drug-likeness (QED) is 0.436. The lowest BCUT2D eigenvalue weighted by atomic mass is 10.2. The maximum absolute atomic E-state index is 4.88. The van der Waals surface area contributed by atoms with Gasteiger partial charge >= 0.3 is 0 Å². The van der Waals surface area contributed by atoms with E-state index < -0.39 is 0 Å². The van der Waals surface area contributed by atoms with Crippen LogP contribution in [0.15, 0.2) is 0 Å². The summed E-state index contributed by atoms with van der Waals surface area (Å²) in [7, 11) is 1.80. The van der Waals surface area contributed by atoms with Gasteiger partial charge in [-0.25, -0.2) is 5.43 Å². The Kier molecular flexibility index (Phi) is 6.16. The summed E-state index contributed by atoms with van der Waals surface area (Å²) < 4.78 is 0. The molecule has 0 radical (unpaired) electrons. The van der Waals surface area contributed by atoms with E-state index in [9.17, 15) is 0 Å². The van der Waals surface area contributed by atoms with Gasteiger partial charge in [0, 0.05) is 13.1 Å². The van der Waals surface area contributed by atoms with E-state index in [1.54, 1.807) is 7.05 Å². The molecular formula is C7H17N3S. The fourth-order valence-corrected chi connectivity index (χ4v) is 0.782. The van der Waals surface area contributed by atoms with Crippen molar-refractivity contribution in [1.29, 1.82) is 0 Å². The van der Waals surface area contributed by atoms with E-state index in [1.165, 1.54) is 0 Å². The topological polar surface area (TPSA) is 36.1 Å². The van der Waals surface area contributed by atoms with Crippen LogP contribution in [-0.4, -0.2) is 18.2 Å².